The second-order valence-electron chi connectivity index (χ2n) is 8.02. The first kappa shape index (κ1) is 19.8. The fourth-order valence-corrected chi connectivity index (χ4v) is 5.13. The van der Waals surface area contributed by atoms with Gasteiger partial charge in [-0.05, 0) is 38.0 Å². The van der Waals surface area contributed by atoms with Gasteiger partial charge in [-0.1, -0.05) is 18.5 Å². The number of fused-ring (bicyclic) bond motifs is 4. The van der Waals surface area contributed by atoms with Crippen molar-refractivity contribution in [3.63, 3.8) is 0 Å². The van der Waals surface area contributed by atoms with Crippen LogP contribution < -0.4 is 16.4 Å². The van der Waals surface area contributed by atoms with Crippen LogP contribution in [0, 0.1) is 11.8 Å². The van der Waals surface area contributed by atoms with Crippen molar-refractivity contribution < 1.29 is 19.2 Å². The third-order valence-electron chi connectivity index (χ3n) is 6.44. The summed E-state index contributed by atoms with van der Waals surface area (Å²) in [6.07, 6.45) is 0.915. The summed E-state index contributed by atoms with van der Waals surface area (Å²) < 4.78 is 0. The largest absolute Gasteiger partial charge is 0.370 e. The van der Waals surface area contributed by atoms with Crippen molar-refractivity contribution in [2.75, 3.05) is 5.32 Å². The number of carbonyl (C=O) groups excluding carboxylic acids is 4. The van der Waals surface area contributed by atoms with Gasteiger partial charge in [-0.15, -0.1) is 0 Å². The Kier molecular flexibility index (Phi) is 4.66. The number of nitrogens with two attached hydrogens (primary N) is 1. The van der Waals surface area contributed by atoms with E-state index in [1.54, 1.807) is 18.2 Å². The summed E-state index contributed by atoms with van der Waals surface area (Å²) in [6, 6.07) is 4.18. The molecule has 4 rings (SSSR count). The Labute approximate surface area is 173 Å². The Balaban J connectivity index is 1.85. The minimum absolute atomic E-state index is 0.0474. The van der Waals surface area contributed by atoms with E-state index in [1.807, 2.05) is 13.8 Å². The smallest absolute Gasteiger partial charge is 0.250 e. The second kappa shape index (κ2) is 6.81. The molecule has 0 radical (unpaired) electrons. The molecule has 29 heavy (non-hydrogen) atoms. The Morgan fingerprint density at radius 1 is 1.31 bits per heavy atom. The van der Waals surface area contributed by atoms with Gasteiger partial charge in [0.05, 0.1) is 11.8 Å². The highest BCUT2D eigenvalue weighted by molar-refractivity contribution is 6.31. The zero-order chi connectivity index (χ0) is 21.1. The van der Waals surface area contributed by atoms with Crippen molar-refractivity contribution in [3.05, 3.63) is 28.8 Å². The molecule has 0 aromatic heterocycles. The number of halogens is 1. The number of imide groups is 1. The molecule has 3 heterocycles. The van der Waals surface area contributed by atoms with Crippen LogP contribution in [-0.4, -0.2) is 40.6 Å². The fourth-order valence-electron chi connectivity index (χ4n) is 4.96. The SMILES string of the molecule is CC[C@@H](C)N1C(=O)[C@@H]2[C@H](CCC(N)=O)N[C@@]3(C(=O)Nc4ccc(Cl)cc43)[C@@H]2C1=O. The number of anilines is 1. The molecule has 0 bridgehead atoms. The quantitative estimate of drug-likeness (QED) is 0.618. The molecule has 1 aromatic carbocycles. The van der Waals surface area contributed by atoms with Crippen LogP contribution in [0.25, 0.3) is 0 Å². The van der Waals surface area contributed by atoms with Gasteiger partial charge in [-0.25, -0.2) is 0 Å². The Hall–Kier alpha value is -2.45. The number of primary amides is 1. The average molecular weight is 419 g/mol. The van der Waals surface area contributed by atoms with E-state index in [0.29, 0.717) is 22.7 Å². The zero-order valence-corrected chi connectivity index (χ0v) is 17.0. The summed E-state index contributed by atoms with van der Waals surface area (Å²) in [5.41, 5.74) is 5.02. The van der Waals surface area contributed by atoms with Crippen LogP contribution >= 0.6 is 11.6 Å². The summed E-state index contributed by atoms with van der Waals surface area (Å²) in [5, 5.41) is 6.49. The summed E-state index contributed by atoms with van der Waals surface area (Å²) in [5.74, 6) is -3.21. The number of nitrogens with one attached hydrogen (secondary N) is 2. The molecule has 8 nitrogen and oxygen atoms in total. The first-order valence-corrected chi connectivity index (χ1v) is 10.1. The minimum Gasteiger partial charge on any atom is -0.370 e. The first-order chi connectivity index (χ1) is 13.7. The number of hydrogen-bond acceptors (Lipinski definition) is 5. The van der Waals surface area contributed by atoms with Crippen molar-refractivity contribution in [3.8, 4) is 0 Å². The maximum Gasteiger partial charge on any atom is 0.250 e. The first-order valence-electron chi connectivity index (χ1n) is 9.76. The average Bonchev–Trinajstić information content (AvgIpc) is 3.25. The number of benzene rings is 1. The lowest BCUT2D eigenvalue weighted by molar-refractivity contribution is -0.145. The number of rotatable bonds is 5. The van der Waals surface area contributed by atoms with Crippen LogP contribution in [0.1, 0.15) is 38.7 Å². The van der Waals surface area contributed by atoms with E-state index >= 15 is 0 Å². The van der Waals surface area contributed by atoms with Crippen molar-refractivity contribution in [2.24, 2.45) is 17.6 Å². The zero-order valence-electron chi connectivity index (χ0n) is 16.2. The molecular weight excluding hydrogens is 396 g/mol. The molecule has 3 aliphatic heterocycles. The molecule has 0 aliphatic carbocycles. The molecule has 1 aromatic rings. The van der Waals surface area contributed by atoms with E-state index in [1.165, 1.54) is 4.90 Å². The normalized spacial score (nSPS) is 31.2. The summed E-state index contributed by atoms with van der Waals surface area (Å²) in [6.45, 7) is 3.71. The van der Waals surface area contributed by atoms with Crippen molar-refractivity contribution in [2.45, 2.75) is 50.7 Å². The van der Waals surface area contributed by atoms with Gasteiger partial charge in [0.2, 0.25) is 23.6 Å². The second-order valence-corrected chi connectivity index (χ2v) is 8.45. The van der Waals surface area contributed by atoms with Crippen LogP contribution in [-0.2, 0) is 24.7 Å². The molecular formula is C20H23ClN4O4. The lowest BCUT2D eigenvalue weighted by atomic mass is 9.76. The molecule has 0 saturated carbocycles. The Bertz CT molecular complexity index is 935. The van der Waals surface area contributed by atoms with Gasteiger partial charge in [0.15, 0.2) is 0 Å². The van der Waals surface area contributed by atoms with E-state index in [4.69, 9.17) is 17.3 Å². The Morgan fingerprint density at radius 2 is 2.03 bits per heavy atom. The molecule has 3 aliphatic rings. The van der Waals surface area contributed by atoms with Gasteiger partial charge >= 0.3 is 0 Å². The number of carbonyl (C=O) groups is 4. The van der Waals surface area contributed by atoms with E-state index < -0.39 is 35.2 Å². The maximum absolute atomic E-state index is 13.4. The number of amides is 4. The van der Waals surface area contributed by atoms with Crippen LogP contribution in [0.2, 0.25) is 5.02 Å². The lowest BCUT2D eigenvalue weighted by Gasteiger charge is -2.31. The monoisotopic (exact) mass is 418 g/mol. The van der Waals surface area contributed by atoms with Crippen LogP contribution in [0.3, 0.4) is 0 Å². The van der Waals surface area contributed by atoms with E-state index in [2.05, 4.69) is 10.6 Å². The fraction of sp³-hybridized carbons (Fsp3) is 0.500. The van der Waals surface area contributed by atoms with E-state index in [-0.39, 0.29) is 30.7 Å². The molecule has 154 valence electrons. The van der Waals surface area contributed by atoms with Crippen LogP contribution in [0.5, 0.6) is 0 Å². The van der Waals surface area contributed by atoms with E-state index in [9.17, 15) is 19.2 Å². The predicted octanol–water partition coefficient (Wildman–Crippen LogP) is 1.12. The highest BCUT2D eigenvalue weighted by atomic mass is 35.5. The summed E-state index contributed by atoms with van der Waals surface area (Å²) >= 11 is 6.19. The third kappa shape index (κ3) is 2.69. The van der Waals surface area contributed by atoms with Crippen molar-refractivity contribution in [1.82, 2.24) is 10.2 Å². The number of nitrogens with zero attached hydrogens (tertiary/aromatic N) is 1. The molecule has 4 amide bonds. The van der Waals surface area contributed by atoms with Gasteiger partial charge < -0.3 is 11.1 Å². The standard InChI is InChI=1S/C20H23ClN4O4/c1-3-9(2)25-17(27)15-13(6-7-14(22)26)24-20(16(15)18(25)28)11-8-10(21)4-5-12(11)23-19(20)29/h4-5,8-9,13,15-16,24H,3,6-7H2,1-2H3,(H2,22,26)(H,23,29)/t9-,13+,15-,16+,20-/m1/s1. The van der Waals surface area contributed by atoms with Crippen molar-refractivity contribution in [1.29, 1.82) is 0 Å². The highest BCUT2D eigenvalue weighted by Crippen LogP contribution is 2.54. The molecule has 4 N–H and O–H groups in total. The van der Waals surface area contributed by atoms with Crippen molar-refractivity contribution >= 4 is 40.9 Å². The molecule has 5 atom stereocenters. The minimum atomic E-state index is -1.40. The predicted molar refractivity (Wildman–Crippen MR) is 106 cm³/mol. The van der Waals surface area contributed by atoms with Crippen LogP contribution in [0.15, 0.2) is 18.2 Å². The molecule has 2 saturated heterocycles. The lowest BCUT2D eigenvalue weighted by Crippen LogP contribution is -2.54. The molecule has 9 heteroatoms. The maximum atomic E-state index is 13.4. The van der Waals surface area contributed by atoms with Gasteiger partial charge in [0.25, 0.3) is 0 Å². The number of hydrogen-bond donors (Lipinski definition) is 3. The molecule has 2 fully saturated rings. The highest BCUT2D eigenvalue weighted by Gasteiger charge is 2.70. The van der Waals surface area contributed by atoms with Gasteiger partial charge in [0, 0.05) is 34.8 Å². The molecule has 0 unspecified atom stereocenters. The number of likely N-dealkylation sites (tertiary alicyclic amines) is 1. The summed E-state index contributed by atoms with van der Waals surface area (Å²) in [4.78, 5) is 52.6. The van der Waals surface area contributed by atoms with Gasteiger partial charge in [-0.3, -0.25) is 29.4 Å². The van der Waals surface area contributed by atoms with Gasteiger partial charge in [-0.2, -0.15) is 0 Å². The Morgan fingerprint density at radius 3 is 2.69 bits per heavy atom. The topological polar surface area (TPSA) is 122 Å². The van der Waals surface area contributed by atoms with Gasteiger partial charge in [0.1, 0.15) is 5.54 Å². The molecule has 1 spiro atoms. The van der Waals surface area contributed by atoms with Crippen LogP contribution in [0.4, 0.5) is 5.69 Å². The van der Waals surface area contributed by atoms with E-state index in [0.717, 1.165) is 0 Å². The summed E-state index contributed by atoms with van der Waals surface area (Å²) in [7, 11) is 0. The third-order valence-corrected chi connectivity index (χ3v) is 6.68.